The smallest absolute Gasteiger partial charge is 0.269 e. The second-order valence-electron chi connectivity index (χ2n) is 7.14. The summed E-state index contributed by atoms with van der Waals surface area (Å²) in [7, 11) is -1.38. The maximum atomic E-state index is 13.2. The average molecular weight is 319 g/mol. The molecule has 3 rings (SSSR count). The lowest BCUT2D eigenvalue weighted by molar-refractivity contribution is -0.120. The molecule has 4 heteroatoms. The summed E-state index contributed by atoms with van der Waals surface area (Å²) in [6.45, 7) is 7.61. The molecule has 1 aliphatic carbocycles. The summed E-state index contributed by atoms with van der Waals surface area (Å²) in [5, 5.41) is 6.95. The molecule has 1 amide bonds. The summed E-state index contributed by atoms with van der Waals surface area (Å²) in [5.74, 6) is 0.265. The van der Waals surface area contributed by atoms with Crippen molar-refractivity contribution in [1.82, 2.24) is 5.09 Å². The molecule has 0 bridgehead atoms. The minimum Gasteiger partial charge on any atom is -0.322 e. The van der Waals surface area contributed by atoms with Crippen LogP contribution in [-0.2, 0) is 4.79 Å². The van der Waals surface area contributed by atoms with E-state index >= 15 is 0 Å². The zero-order valence-electron chi connectivity index (χ0n) is 14.0. The van der Waals surface area contributed by atoms with Crippen molar-refractivity contribution < 1.29 is 4.79 Å². The molecular weight excluding hydrogens is 291 g/mol. The number of benzene rings is 1. The maximum absolute atomic E-state index is 13.2. The van der Waals surface area contributed by atoms with Crippen LogP contribution in [0.5, 0.6) is 0 Å². The Kier molecular flexibility index (Phi) is 4.31. The average Bonchev–Trinajstić information content (AvgIpc) is 2.42. The highest BCUT2D eigenvalue weighted by Crippen LogP contribution is 2.71. The Bertz CT molecular complexity index is 554. The molecule has 1 aliphatic heterocycles. The first-order valence-corrected chi connectivity index (χ1v) is 10.9. The fourth-order valence-corrected chi connectivity index (χ4v) is 8.23. The van der Waals surface area contributed by atoms with Crippen LogP contribution in [0, 0.1) is 13.8 Å². The van der Waals surface area contributed by atoms with E-state index in [0.29, 0.717) is 0 Å². The van der Waals surface area contributed by atoms with Crippen molar-refractivity contribution in [2.75, 3.05) is 24.7 Å². The van der Waals surface area contributed by atoms with Gasteiger partial charge in [0.2, 0.25) is 0 Å². The van der Waals surface area contributed by atoms with Gasteiger partial charge in [0, 0.05) is 12.2 Å². The number of amides is 1. The molecule has 1 aromatic carbocycles. The predicted octanol–water partition coefficient (Wildman–Crippen LogP) is 4.11. The molecule has 1 aromatic rings. The van der Waals surface area contributed by atoms with E-state index < -0.39 is 7.41 Å². The molecular formula is C18H28N2OP+. The van der Waals surface area contributed by atoms with Crippen LogP contribution in [0.15, 0.2) is 18.2 Å². The Balaban J connectivity index is 1.86. The highest BCUT2D eigenvalue weighted by molar-refractivity contribution is 7.75. The molecule has 0 radical (unpaired) electrons. The third-order valence-corrected chi connectivity index (χ3v) is 10.4. The number of rotatable bonds is 3. The van der Waals surface area contributed by atoms with Crippen molar-refractivity contribution in [3.63, 3.8) is 0 Å². The molecule has 1 saturated carbocycles. The molecule has 1 heterocycles. The van der Waals surface area contributed by atoms with Gasteiger partial charge in [-0.15, -0.1) is 0 Å². The number of carbonyl (C=O) groups excluding carboxylic acids is 1. The Hall–Kier alpha value is -0.920. The van der Waals surface area contributed by atoms with Crippen LogP contribution in [0.1, 0.15) is 43.2 Å². The Morgan fingerprint density at radius 3 is 2.36 bits per heavy atom. The largest absolute Gasteiger partial charge is 0.322 e. The number of nitrogens with one attached hydrogen (secondary N) is 2. The molecule has 1 saturated heterocycles. The molecule has 0 spiro atoms. The summed E-state index contributed by atoms with van der Waals surface area (Å²) < 4.78 is 0. The molecule has 3 nitrogen and oxygen atoms in total. The van der Waals surface area contributed by atoms with Crippen LogP contribution in [0.25, 0.3) is 0 Å². The molecule has 0 aromatic heterocycles. The topological polar surface area (TPSA) is 41.1 Å². The first kappa shape index (κ1) is 16.0. The maximum Gasteiger partial charge on any atom is 0.269 e. The summed E-state index contributed by atoms with van der Waals surface area (Å²) in [6.07, 6.45) is 7.05. The van der Waals surface area contributed by atoms with Crippen LogP contribution in [0.3, 0.4) is 0 Å². The third kappa shape index (κ3) is 2.49. The van der Waals surface area contributed by atoms with Crippen molar-refractivity contribution in [2.24, 2.45) is 0 Å². The standard InChI is InChI=1S/C18H27N2OP/c1-14-8-6-9-15(2)16(14)20-17(21)18(10-7-11-18)22(3)13-5-4-12-19-22/h6,8-9,19H,4-5,7,10-13H2,1-3H3/p+1. The van der Waals surface area contributed by atoms with E-state index in [4.69, 9.17) is 0 Å². The minimum atomic E-state index is -1.38. The Morgan fingerprint density at radius 2 is 1.86 bits per heavy atom. The van der Waals surface area contributed by atoms with Crippen LogP contribution < -0.4 is 10.4 Å². The van der Waals surface area contributed by atoms with Crippen LogP contribution in [0.4, 0.5) is 5.69 Å². The van der Waals surface area contributed by atoms with E-state index in [1.807, 2.05) is 0 Å². The zero-order chi connectivity index (χ0) is 15.8. The van der Waals surface area contributed by atoms with E-state index in [0.717, 1.165) is 36.2 Å². The van der Waals surface area contributed by atoms with Gasteiger partial charge in [-0.3, -0.25) is 4.79 Å². The van der Waals surface area contributed by atoms with E-state index in [9.17, 15) is 4.79 Å². The first-order chi connectivity index (χ1) is 10.5. The van der Waals surface area contributed by atoms with Crippen LogP contribution in [-0.4, -0.2) is 30.4 Å². The monoisotopic (exact) mass is 319 g/mol. The van der Waals surface area contributed by atoms with Crippen molar-refractivity contribution in [3.8, 4) is 0 Å². The molecule has 1 atom stereocenters. The van der Waals surface area contributed by atoms with Crippen LogP contribution >= 0.6 is 7.41 Å². The number of para-hydroxylation sites is 1. The van der Waals surface area contributed by atoms with E-state index in [2.05, 4.69) is 49.1 Å². The van der Waals surface area contributed by atoms with Crippen molar-refractivity contribution in [2.45, 2.75) is 51.1 Å². The zero-order valence-corrected chi connectivity index (χ0v) is 14.9. The lowest BCUT2D eigenvalue weighted by atomic mass is 9.83. The van der Waals surface area contributed by atoms with Gasteiger partial charge < -0.3 is 5.32 Å². The van der Waals surface area contributed by atoms with Gasteiger partial charge in [-0.2, -0.15) is 5.09 Å². The van der Waals surface area contributed by atoms with Gasteiger partial charge in [-0.05, 0) is 57.1 Å². The molecule has 1 unspecified atom stereocenters. The quantitative estimate of drug-likeness (QED) is 0.823. The summed E-state index contributed by atoms with van der Waals surface area (Å²) in [4.78, 5) is 13.2. The number of hydrogen-bond donors (Lipinski definition) is 2. The number of anilines is 1. The molecule has 120 valence electrons. The molecule has 2 fully saturated rings. The number of carbonyl (C=O) groups is 1. The van der Waals surface area contributed by atoms with E-state index in [1.165, 1.54) is 25.4 Å². The lowest BCUT2D eigenvalue weighted by Crippen LogP contribution is -2.54. The summed E-state index contributed by atoms with van der Waals surface area (Å²) in [6, 6.07) is 6.20. The molecule has 2 aliphatic rings. The second-order valence-corrected chi connectivity index (χ2v) is 11.1. The van der Waals surface area contributed by atoms with Crippen LogP contribution in [0.2, 0.25) is 0 Å². The fourth-order valence-electron chi connectivity index (χ4n) is 4.02. The van der Waals surface area contributed by atoms with Gasteiger partial charge in [0.1, 0.15) is 0 Å². The normalized spacial score (nSPS) is 27.0. The molecule has 22 heavy (non-hydrogen) atoms. The SMILES string of the molecule is Cc1cccc(C)c1NC(=O)C1([P+]2(C)CCCCN2)CCC1. The van der Waals surface area contributed by atoms with Crippen molar-refractivity contribution >= 4 is 19.0 Å². The van der Waals surface area contributed by atoms with Gasteiger partial charge in [-0.25, -0.2) is 0 Å². The van der Waals surface area contributed by atoms with Gasteiger partial charge >= 0.3 is 0 Å². The summed E-state index contributed by atoms with van der Waals surface area (Å²) in [5.41, 5.74) is 3.33. The van der Waals surface area contributed by atoms with Crippen molar-refractivity contribution in [1.29, 1.82) is 0 Å². The van der Waals surface area contributed by atoms with Gasteiger partial charge in [0.25, 0.3) is 5.91 Å². The first-order valence-electron chi connectivity index (χ1n) is 8.47. The Morgan fingerprint density at radius 1 is 1.18 bits per heavy atom. The predicted molar refractivity (Wildman–Crippen MR) is 96.1 cm³/mol. The second kappa shape index (κ2) is 5.94. The number of hydrogen-bond acceptors (Lipinski definition) is 2. The van der Waals surface area contributed by atoms with Gasteiger partial charge in [0.05, 0.1) is 20.2 Å². The molecule has 2 N–H and O–H groups in total. The minimum absolute atomic E-state index is 0.123. The van der Waals surface area contributed by atoms with E-state index in [-0.39, 0.29) is 11.1 Å². The van der Waals surface area contributed by atoms with E-state index in [1.54, 1.807) is 0 Å². The van der Waals surface area contributed by atoms with Crippen molar-refractivity contribution in [3.05, 3.63) is 29.3 Å². The third-order valence-electron chi connectivity index (χ3n) is 5.76. The van der Waals surface area contributed by atoms with Gasteiger partial charge in [-0.1, -0.05) is 18.2 Å². The van der Waals surface area contributed by atoms with Gasteiger partial charge in [0.15, 0.2) is 5.16 Å². The summed E-state index contributed by atoms with van der Waals surface area (Å²) >= 11 is 0. The lowest BCUT2D eigenvalue weighted by Gasteiger charge is -2.48. The fraction of sp³-hybridized carbons (Fsp3) is 0.611. The number of aryl methyl sites for hydroxylation is 2. The Labute approximate surface area is 134 Å². The highest BCUT2D eigenvalue weighted by Gasteiger charge is 2.63. The highest BCUT2D eigenvalue weighted by atomic mass is 31.2.